The molecule has 3 heteroatoms. The molecule has 1 fully saturated rings. The topological polar surface area (TPSA) is 29.9 Å². The van der Waals surface area contributed by atoms with E-state index in [0.717, 1.165) is 18.2 Å². The van der Waals surface area contributed by atoms with Crippen molar-refractivity contribution in [1.29, 1.82) is 0 Å². The number of aromatic nitrogens is 2. The van der Waals surface area contributed by atoms with Crippen LogP contribution < -0.4 is 5.32 Å². The van der Waals surface area contributed by atoms with Crippen molar-refractivity contribution in [3.8, 4) is 0 Å². The van der Waals surface area contributed by atoms with Gasteiger partial charge < -0.3 is 9.88 Å². The van der Waals surface area contributed by atoms with E-state index in [1.807, 2.05) is 0 Å². The van der Waals surface area contributed by atoms with E-state index in [0.29, 0.717) is 6.04 Å². The van der Waals surface area contributed by atoms with Crippen LogP contribution >= 0.6 is 0 Å². The van der Waals surface area contributed by atoms with Crippen LogP contribution in [0.25, 0.3) is 0 Å². The van der Waals surface area contributed by atoms with E-state index in [2.05, 4.69) is 34.9 Å². The summed E-state index contributed by atoms with van der Waals surface area (Å²) in [6.45, 7) is 5.48. The SMILES string of the molecule is CCCCCCCCn1cc(C)nc1NC1CCCC1. The molecule has 3 nitrogen and oxygen atoms in total. The standard InChI is InChI=1S/C17H31N3/c1-3-4-5-6-7-10-13-20-14-15(2)18-17(20)19-16-11-8-9-12-16/h14,16H,3-13H2,1-2H3,(H,18,19). The average molecular weight is 277 g/mol. The van der Waals surface area contributed by atoms with Crippen molar-refractivity contribution >= 4 is 5.95 Å². The van der Waals surface area contributed by atoms with Gasteiger partial charge in [0.05, 0.1) is 5.69 Å². The van der Waals surface area contributed by atoms with Crippen LogP contribution in [-0.2, 0) is 6.54 Å². The fourth-order valence-electron chi connectivity index (χ4n) is 3.15. The van der Waals surface area contributed by atoms with Crippen molar-refractivity contribution in [2.75, 3.05) is 5.32 Å². The number of hydrogen-bond acceptors (Lipinski definition) is 2. The molecule has 0 aromatic carbocycles. The van der Waals surface area contributed by atoms with E-state index in [1.165, 1.54) is 64.2 Å². The Hall–Kier alpha value is -0.990. The Morgan fingerprint density at radius 1 is 1.15 bits per heavy atom. The molecule has 0 amide bonds. The summed E-state index contributed by atoms with van der Waals surface area (Å²) in [6, 6.07) is 0.653. The largest absolute Gasteiger partial charge is 0.353 e. The van der Waals surface area contributed by atoms with Crippen LogP contribution in [0.5, 0.6) is 0 Å². The average Bonchev–Trinajstić information content (AvgIpc) is 3.04. The number of hydrogen-bond donors (Lipinski definition) is 1. The van der Waals surface area contributed by atoms with Gasteiger partial charge in [0.15, 0.2) is 0 Å². The predicted molar refractivity (Wildman–Crippen MR) is 86.2 cm³/mol. The first kappa shape index (κ1) is 15.4. The Labute approximate surface area is 124 Å². The Morgan fingerprint density at radius 3 is 2.60 bits per heavy atom. The summed E-state index contributed by atoms with van der Waals surface area (Å²) in [5.41, 5.74) is 1.14. The molecule has 1 aromatic rings. The molecule has 0 saturated heterocycles. The lowest BCUT2D eigenvalue weighted by Crippen LogP contribution is -2.18. The number of rotatable bonds is 9. The molecule has 0 atom stereocenters. The second kappa shape index (κ2) is 8.33. The van der Waals surface area contributed by atoms with Crippen LogP contribution in [0.1, 0.15) is 76.8 Å². The van der Waals surface area contributed by atoms with E-state index < -0.39 is 0 Å². The van der Waals surface area contributed by atoms with Crippen LogP contribution in [0, 0.1) is 6.92 Å². The third-order valence-corrected chi connectivity index (χ3v) is 4.34. The summed E-state index contributed by atoms with van der Waals surface area (Å²) < 4.78 is 2.33. The minimum absolute atomic E-state index is 0.653. The van der Waals surface area contributed by atoms with Crippen LogP contribution in [0.3, 0.4) is 0 Å². The molecule has 1 aliphatic carbocycles. The number of aryl methyl sites for hydroxylation is 2. The molecular weight excluding hydrogens is 246 g/mol. The highest BCUT2D eigenvalue weighted by Gasteiger charge is 2.16. The van der Waals surface area contributed by atoms with Crippen LogP contribution in [0.15, 0.2) is 6.20 Å². The lowest BCUT2D eigenvalue weighted by Gasteiger charge is -2.14. The maximum Gasteiger partial charge on any atom is 0.203 e. The predicted octanol–water partition coefficient (Wildman–Crippen LogP) is 4.91. The lowest BCUT2D eigenvalue weighted by molar-refractivity contribution is 0.557. The fraction of sp³-hybridized carbons (Fsp3) is 0.824. The van der Waals surface area contributed by atoms with Gasteiger partial charge in [0.1, 0.15) is 0 Å². The monoisotopic (exact) mass is 277 g/mol. The van der Waals surface area contributed by atoms with Crippen LogP contribution in [0.4, 0.5) is 5.95 Å². The number of nitrogens with one attached hydrogen (secondary N) is 1. The number of imidazole rings is 1. The third kappa shape index (κ3) is 4.84. The van der Waals surface area contributed by atoms with E-state index in [1.54, 1.807) is 0 Å². The van der Waals surface area contributed by atoms with Gasteiger partial charge in [0, 0.05) is 18.8 Å². The smallest absolute Gasteiger partial charge is 0.203 e. The van der Waals surface area contributed by atoms with Crippen molar-refractivity contribution in [2.45, 2.75) is 90.6 Å². The lowest BCUT2D eigenvalue weighted by atomic mass is 10.1. The fourth-order valence-corrected chi connectivity index (χ4v) is 3.15. The van der Waals surface area contributed by atoms with E-state index in [9.17, 15) is 0 Å². The molecule has 20 heavy (non-hydrogen) atoms. The zero-order valence-corrected chi connectivity index (χ0v) is 13.3. The summed E-state index contributed by atoms with van der Waals surface area (Å²) >= 11 is 0. The molecule has 1 N–H and O–H groups in total. The Kier molecular flexibility index (Phi) is 6.41. The van der Waals surface area contributed by atoms with Crippen LogP contribution in [0.2, 0.25) is 0 Å². The minimum Gasteiger partial charge on any atom is -0.353 e. The van der Waals surface area contributed by atoms with Crippen molar-refractivity contribution in [3.63, 3.8) is 0 Å². The summed E-state index contributed by atoms with van der Waals surface area (Å²) in [6.07, 6.45) is 15.7. The quantitative estimate of drug-likeness (QED) is 0.650. The molecule has 0 spiro atoms. The van der Waals surface area contributed by atoms with Gasteiger partial charge in [-0.1, -0.05) is 51.9 Å². The Balaban J connectivity index is 1.75. The van der Waals surface area contributed by atoms with Gasteiger partial charge in [-0.05, 0) is 26.2 Å². The van der Waals surface area contributed by atoms with Gasteiger partial charge in [-0.2, -0.15) is 0 Å². The first-order valence-corrected chi connectivity index (χ1v) is 8.60. The summed E-state index contributed by atoms with van der Waals surface area (Å²) in [5.74, 6) is 1.10. The van der Waals surface area contributed by atoms with Gasteiger partial charge in [-0.25, -0.2) is 4.98 Å². The molecule has 0 unspecified atom stereocenters. The molecule has 0 radical (unpaired) electrons. The van der Waals surface area contributed by atoms with Crippen molar-refractivity contribution in [3.05, 3.63) is 11.9 Å². The maximum atomic E-state index is 4.65. The molecule has 1 heterocycles. The molecule has 114 valence electrons. The first-order valence-electron chi connectivity index (χ1n) is 8.60. The van der Waals surface area contributed by atoms with Gasteiger partial charge in [0.2, 0.25) is 5.95 Å². The second-order valence-electron chi connectivity index (χ2n) is 6.29. The summed E-state index contributed by atoms with van der Waals surface area (Å²) in [7, 11) is 0. The van der Waals surface area contributed by atoms with Gasteiger partial charge >= 0.3 is 0 Å². The molecule has 0 aliphatic heterocycles. The van der Waals surface area contributed by atoms with E-state index in [4.69, 9.17) is 0 Å². The van der Waals surface area contributed by atoms with Crippen molar-refractivity contribution < 1.29 is 0 Å². The van der Waals surface area contributed by atoms with Gasteiger partial charge in [-0.15, -0.1) is 0 Å². The number of nitrogens with zero attached hydrogens (tertiary/aromatic N) is 2. The van der Waals surface area contributed by atoms with E-state index in [-0.39, 0.29) is 0 Å². The minimum atomic E-state index is 0.653. The highest BCUT2D eigenvalue weighted by Crippen LogP contribution is 2.22. The highest BCUT2D eigenvalue weighted by atomic mass is 15.2. The maximum absolute atomic E-state index is 4.65. The summed E-state index contributed by atoms with van der Waals surface area (Å²) in [5, 5.41) is 3.64. The summed E-state index contributed by atoms with van der Waals surface area (Å²) in [4.78, 5) is 4.65. The van der Waals surface area contributed by atoms with Crippen molar-refractivity contribution in [2.24, 2.45) is 0 Å². The normalized spacial score (nSPS) is 15.9. The molecule has 1 aliphatic rings. The zero-order valence-electron chi connectivity index (χ0n) is 13.3. The molecule has 2 rings (SSSR count). The van der Waals surface area contributed by atoms with Gasteiger partial charge in [0.25, 0.3) is 0 Å². The molecule has 1 saturated carbocycles. The first-order chi connectivity index (χ1) is 9.79. The zero-order chi connectivity index (χ0) is 14.2. The van der Waals surface area contributed by atoms with Gasteiger partial charge in [-0.3, -0.25) is 0 Å². The highest BCUT2D eigenvalue weighted by molar-refractivity contribution is 5.30. The third-order valence-electron chi connectivity index (χ3n) is 4.34. The van der Waals surface area contributed by atoms with Crippen LogP contribution in [-0.4, -0.2) is 15.6 Å². The number of anilines is 1. The Bertz CT molecular complexity index is 378. The Morgan fingerprint density at radius 2 is 1.85 bits per heavy atom. The second-order valence-corrected chi connectivity index (χ2v) is 6.29. The number of unbranched alkanes of at least 4 members (excludes halogenated alkanes) is 5. The van der Waals surface area contributed by atoms with Crippen molar-refractivity contribution in [1.82, 2.24) is 9.55 Å². The molecular formula is C17H31N3. The molecule has 1 aromatic heterocycles. The van der Waals surface area contributed by atoms with E-state index >= 15 is 0 Å². The molecule has 0 bridgehead atoms.